The summed E-state index contributed by atoms with van der Waals surface area (Å²) in [6, 6.07) is 0. The molecular formula is C14H25O4. The molecule has 0 amide bonds. The van der Waals surface area contributed by atoms with Gasteiger partial charge in [0.1, 0.15) is 0 Å². The fraction of sp³-hybridized carbons (Fsp3) is 0.857. The largest absolute Gasteiger partial charge is 0.466 e. The predicted octanol–water partition coefficient (Wildman–Crippen LogP) is 3.12. The smallest absolute Gasteiger partial charge is 0.355 e. The number of carbonyl (C=O) groups excluding carboxylic acids is 2. The van der Waals surface area contributed by atoms with Crippen LogP contribution >= 0.6 is 0 Å². The Kier molecular flexibility index (Phi) is 9.33. The van der Waals surface area contributed by atoms with Gasteiger partial charge < -0.3 is 4.74 Å². The number of hydrogen-bond donors (Lipinski definition) is 0. The lowest BCUT2D eigenvalue weighted by Gasteiger charge is -2.12. The van der Waals surface area contributed by atoms with Crippen molar-refractivity contribution in [2.24, 2.45) is 11.8 Å². The quantitative estimate of drug-likeness (QED) is 0.565. The summed E-state index contributed by atoms with van der Waals surface area (Å²) in [6.45, 7) is 6.48. The third-order valence-electron chi connectivity index (χ3n) is 3.01. The Morgan fingerprint density at radius 3 is 2.28 bits per heavy atom. The average Bonchev–Trinajstić information content (AvgIpc) is 2.26. The maximum atomic E-state index is 11.4. The molecule has 0 bridgehead atoms. The average molecular weight is 257 g/mol. The van der Waals surface area contributed by atoms with Crippen LogP contribution in [0.25, 0.3) is 0 Å². The van der Waals surface area contributed by atoms with E-state index in [1.54, 1.807) is 0 Å². The van der Waals surface area contributed by atoms with E-state index < -0.39 is 5.97 Å². The van der Waals surface area contributed by atoms with Crippen molar-refractivity contribution >= 4 is 11.9 Å². The first-order valence-electron chi connectivity index (χ1n) is 6.81. The molecule has 0 fully saturated rings. The van der Waals surface area contributed by atoms with Crippen molar-refractivity contribution in [2.75, 3.05) is 6.61 Å². The third kappa shape index (κ3) is 10.1. The Morgan fingerprint density at radius 2 is 1.72 bits per heavy atom. The lowest BCUT2D eigenvalue weighted by atomic mass is 10.0. The summed E-state index contributed by atoms with van der Waals surface area (Å²) in [5.74, 6) is -0.558. The second-order valence-corrected chi connectivity index (χ2v) is 5.12. The van der Waals surface area contributed by atoms with Crippen LogP contribution in [0.3, 0.4) is 0 Å². The Hall–Kier alpha value is -1.06. The summed E-state index contributed by atoms with van der Waals surface area (Å²) < 4.78 is 5.13. The van der Waals surface area contributed by atoms with E-state index >= 15 is 0 Å². The molecule has 0 aliphatic rings. The molecule has 0 aromatic rings. The molecule has 0 heterocycles. The van der Waals surface area contributed by atoms with Crippen molar-refractivity contribution in [1.82, 2.24) is 0 Å². The Balaban J connectivity index is 3.58. The van der Waals surface area contributed by atoms with Crippen molar-refractivity contribution in [2.45, 2.75) is 59.3 Å². The number of hydrogen-bond acceptors (Lipinski definition) is 3. The summed E-state index contributed by atoms with van der Waals surface area (Å²) in [6.07, 6.45) is 3.95. The highest BCUT2D eigenvalue weighted by molar-refractivity contribution is 5.69. The topological polar surface area (TPSA) is 63.3 Å². The van der Waals surface area contributed by atoms with Crippen LogP contribution in [0.2, 0.25) is 0 Å². The molecule has 0 aliphatic carbocycles. The van der Waals surface area contributed by atoms with Gasteiger partial charge in [-0.05, 0) is 24.7 Å². The number of carbonyl (C=O) groups is 2. The molecule has 1 radical (unpaired) electrons. The number of ether oxygens (including phenoxy) is 1. The van der Waals surface area contributed by atoms with Crippen molar-refractivity contribution in [3.05, 3.63) is 0 Å². The summed E-state index contributed by atoms with van der Waals surface area (Å²) in [7, 11) is 0. The normalized spacial score (nSPS) is 13.9. The molecule has 0 N–H and O–H groups in total. The molecule has 105 valence electrons. The van der Waals surface area contributed by atoms with E-state index in [9.17, 15) is 14.7 Å². The minimum Gasteiger partial charge on any atom is -0.466 e. The maximum Gasteiger partial charge on any atom is 0.355 e. The van der Waals surface area contributed by atoms with Gasteiger partial charge in [-0.2, -0.15) is 0 Å². The first kappa shape index (κ1) is 16.9. The molecular weight excluding hydrogens is 232 g/mol. The third-order valence-corrected chi connectivity index (χ3v) is 3.01. The lowest BCUT2D eigenvalue weighted by Crippen LogP contribution is -2.12. The maximum absolute atomic E-state index is 11.4. The zero-order valence-corrected chi connectivity index (χ0v) is 11.7. The van der Waals surface area contributed by atoms with Gasteiger partial charge in [0.05, 0.1) is 13.0 Å². The van der Waals surface area contributed by atoms with Crippen molar-refractivity contribution in [1.29, 1.82) is 0 Å². The molecule has 0 saturated heterocycles. The molecule has 0 aromatic carbocycles. The highest BCUT2D eigenvalue weighted by atomic mass is 16.5. The van der Waals surface area contributed by atoms with Crippen LogP contribution in [0.1, 0.15) is 59.3 Å². The van der Waals surface area contributed by atoms with Gasteiger partial charge in [0, 0.05) is 6.42 Å². The SMILES string of the molecule is CCCC(C)CC(=O)OCCC(C)CCC([O])=O. The molecule has 2 unspecified atom stereocenters. The molecule has 18 heavy (non-hydrogen) atoms. The van der Waals surface area contributed by atoms with E-state index in [0.717, 1.165) is 12.8 Å². The van der Waals surface area contributed by atoms with Gasteiger partial charge >= 0.3 is 11.9 Å². The van der Waals surface area contributed by atoms with Crippen LogP contribution in [-0.2, 0) is 19.4 Å². The molecule has 0 aromatic heterocycles. The van der Waals surface area contributed by atoms with Gasteiger partial charge in [-0.1, -0.05) is 33.6 Å². The molecule has 4 nitrogen and oxygen atoms in total. The van der Waals surface area contributed by atoms with Crippen molar-refractivity contribution in [3.8, 4) is 0 Å². The number of rotatable bonds is 10. The summed E-state index contributed by atoms with van der Waals surface area (Å²) in [4.78, 5) is 21.7. The van der Waals surface area contributed by atoms with Crippen LogP contribution in [0.15, 0.2) is 0 Å². The minimum atomic E-state index is -1.02. The van der Waals surface area contributed by atoms with Crippen LogP contribution in [0.5, 0.6) is 0 Å². The minimum absolute atomic E-state index is 0.0721. The monoisotopic (exact) mass is 257 g/mol. The second-order valence-electron chi connectivity index (χ2n) is 5.12. The lowest BCUT2D eigenvalue weighted by molar-refractivity contribution is -0.146. The predicted molar refractivity (Wildman–Crippen MR) is 68.4 cm³/mol. The molecule has 0 saturated carbocycles. The van der Waals surface area contributed by atoms with Gasteiger partial charge in [0.15, 0.2) is 0 Å². The van der Waals surface area contributed by atoms with Gasteiger partial charge in [-0.15, -0.1) is 0 Å². The van der Waals surface area contributed by atoms with Crippen LogP contribution < -0.4 is 0 Å². The summed E-state index contributed by atoms with van der Waals surface area (Å²) in [5.41, 5.74) is 0. The first-order valence-corrected chi connectivity index (χ1v) is 6.81. The summed E-state index contributed by atoms with van der Waals surface area (Å²) in [5, 5.41) is 10.3. The highest BCUT2D eigenvalue weighted by Crippen LogP contribution is 2.13. The standard InChI is InChI=1S/C14H25O4/c1-4-5-12(3)10-14(17)18-9-8-11(2)6-7-13(15)16/h11-12H,4-10H2,1-3H3. The zero-order chi connectivity index (χ0) is 14.0. The number of esters is 1. The fourth-order valence-electron chi connectivity index (χ4n) is 1.82. The molecule has 0 rings (SSSR count). The highest BCUT2D eigenvalue weighted by Gasteiger charge is 2.11. The molecule has 4 heteroatoms. The van der Waals surface area contributed by atoms with Crippen molar-refractivity contribution in [3.63, 3.8) is 0 Å². The summed E-state index contributed by atoms with van der Waals surface area (Å²) >= 11 is 0. The Labute approximate surface area is 110 Å². The van der Waals surface area contributed by atoms with Crippen LogP contribution in [0, 0.1) is 11.8 Å². The molecule has 0 spiro atoms. The van der Waals surface area contributed by atoms with E-state index in [2.05, 4.69) is 6.92 Å². The van der Waals surface area contributed by atoms with Gasteiger partial charge in [-0.3, -0.25) is 4.79 Å². The van der Waals surface area contributed by atoms with E-state index in [0.29, 0.717) is 31.8 Å². The van der Waals surface area contributed by atoms with E-state index in [1.807, 2.05) is 13.8 Å². The van der Waals surface area contributed by atoms with Gasteiger partial charge in [0.2, 0.25) is 0 Å². The van der Waals surface area contributed by atoms with E-state index in [4.69, 9.17) is 4.74 Å². The van der Waals surface area contributed by atoms with Crippen LogP contribution in [-0.4, -0.2) is 18.5 Å². The van der Waals surface area contributed by atoms with E-state index in [1.165, 1.54) is 0 Å². The van der Waals surface area contributed by atoms with Crippen molar-refractivity contribution < 1.29 is 19.4 Å². The Morgan fingerprint density at radius 1 is 1.06 bits per heavy atom. The Bertz CT molecular complexity index is 250. The van der Waals surface area contributed by atoms with E-state index in [-0.39, 0.29) is 18.3 Å². The van der Waals surface area contributed by atoms with Crippen LogP contribution in [0.4, 0.5) is 0 Å². The zero-order valence-electron chi connectivity index (χ0n) is 11.7. The fourth-order valence-corrected chi connectivity index (χ4v) is 1.82. The first-order chi connectivity index (χ1) is 8.45. The van der Waals surface area contributed by atoms with Gasteiger partial charge in [-0.25, -0.2) is 9.90 Å². The van der Waals surface area contributed by atoms with Gasteiger partial charge in [0.25, 0.3) is 0 Å². The molecule has 0 aliphatic heterocycles. The second kappa shape index (κ2) is 9.92. The molecule has 2 atom stereocenters.